The predicted octanol–water partition coefficient (Wildman–Crippen LogP) is 3.36. The van der Waals surface area contributed by atoms with Crippen LogP contribution in [0, 0.1) is 6.92 Å². The summed E-state index contributed by atoms with van der Waals surface area (Å²) in [4.78, 5) is 32.3. The number of piperazine rings is 1. The minimum Gasteiger partial charge on any atom is -0.336 e. The maximum Gasteiger partial charge on any atom is 0.253 e. The average Bonchev–Trinajstić information content (AvgIpc) is 2.74. The number of aromatic amines is 1. The van der Waals surface area contributed by atoms with E-state index >= 15 is 0 Å². The van der Waals surface area contributed by atoms with Gasteiger partial charge in [-0.15, -0.1) is 0 Å². The van der Waals surface area contributed by atoms with Crippen LogP contribution in [0.2, 0.25) is 0 Å². The molecule has 0 atom stereocenters. The molecule has 0 bridgehead atoms. The number of carbonyl (C=O) groups is 1. The van der Waals surface area contributed by atoms with Gasteiger partial charge in [0, 0.05) is 49.4 Å². The van der Waals surface area contributed by atoms with Crippen LogP contribution < -0.4 is 5.56 Å². The number of rotatable bonds is 4. The van der Waals surface area contributed by atoms with Gasteiger partial charge in [-0.3, -0.25) is 14.5 Å². The normalized spacial score (nSPS) is 15.0. The van der Waals surface area contributed by atoms with Crippen molar-refractivity contribution >= 4 is 16.8 Å². The number of benzene rings is 2. The van der Waals surface area contributed by atoms with Crippen molar-refractivity contribution in [3.63, 3.8) is 0 Å². The molecule has 5 nitrogen and oxygen atoms in total. The number of amides is 1. The van der Waals surface area contributed by atoms with Gasteiger partial charge in [-0.05, 0) is 54.6 Å². The third-order valence-corrected chi connectivity index (χ3v) is 5.75. The second-order valence-electron chi connectivity index (χ2n) is 7.83. The topological polar surface area (TPSA) is 56.4 Å². The van der Waals surface area contributed by atoms with Crippen LogP contribution in [0.5, 0.6) is 0 Å². The van der Waals surface area contributed by atoms with Crippen LogP contribution in [0.1, 0.15) is 34.0 Å². The van der Waals surface area contributed by atoms with Crippen molar-refractivity contribution in [2.45, 2.75) is 26.8 Å². The first-order chi connectivity index (χ1) is 14.0. The first kappa shape index (κ1) is 19.4. The Hall–Kier alpha value is -2.92. The largest absolute Gasteiger partial charge is 0.336 e. The summed E-state index contributed by atoms with van der Waals surface area (Å²) in [6.45, 7) is 7.65. The zero-order valence-corrected chi connectivity index (χ0v) is 17.1. The fourth-order valence-electron chi connectivity index (χ4n) is 3.87. The molecule has 1 fully saturated rings. The summed E-state index contributed by atoms with van der Waals surface area (Å²) >= 11 is 0. The molecular weight excluding hydrogens is 362 g/mol. The molecule has 1 aromatic heterocycles. The third kappa shape index (κ3) is 4.25. The number of H-pyrrole nitrogens is 1. The van der Waals surface area contributed by atoms with Gasteiger partial charge in [0.15, 0.2) is 0 Å². The van der Waals surface area contributed by atoms with E-state index in [1.165, 1.54) is 5.56 Å². The average molecular weight is 389 g/mol. The molecule has 1 N–H and O–H groups in total. The summed E-state index contributed by atoms with van der Waals surface area (Å²) in [6, 6.07) is 15.9. The molecule has 1 aliphatic heterocycles. The van der Waals surface area contributed by atoms with Gasteiger partial charge in [0.05, 0.1) is 0 Å². The highest BCUT2D eigenvalue weighted by molar-refractivity contribution is 5.94. The van der Waals surface area contributed by atoms with E-state index in [-0.39, 0.29) is 11.5 Å². The molecule has 2 heterocycles. The SMILES string of the molecule is CCc1ccc2[nH]c(=O)c(CN3CCN(C(=O)c4ccc(C)cc4)CC3)cc2c1. The zero-order chi connectivity index (χ0) is 20.4. The Balaban J connectivity index is 1.43. The van der Waals surface area contributed by atoms with Gasteiger partial charge in [-0.25, -0.2) is 0 Å². The van der Waals surface area contributed by atoms with Gasteiger partial charge in [0.1, 0.15) is 0 Å². The summed E-state index contributed by atoms with van der Waals surface area (Å²) in [5.74, 6) is 0.0836. The highest BCUT2D eigenvalue weighted by atomic mass is 16.2. The molecule has 2 aromatic carbocycles. The quantitative estimate of drug-likeness (QED) is 0.744. The standard InChI is InChI=1S/C24H27N3O2/c1-3-18-6-9-22-20(14-18)15-21(23(28)25-22)16-26-10-12-27(13-11-26)24(29)19-7-4-17(2)5-8-19/h4-9,14-15H,3,10-13,16H2,1-2H3,(H,25,28). The van der Waals surface area contributed by atoms with Crippen molar-refractivity contribution in [2.75, 3.05) is 26.2 Å². The smallest absolute Gasteiger partial charge is 0.253 e. The van der Waals surface area contributed by atoms with Gasteiger partial charge in [0.25, 0.3) is 11.5 Å². The van der Waals surface area contributed by atoms with E-state index in [0.717, 1.165) is 47.1 Å². The van der Waals surface area contributed by atoms with Crippen LogP contribution >= 0.6 is 0 Å². The third-order valence-electron chi connectivity index (χ3n) is 5.75. The fourth-order valence-corrected chi connectivity index (χ4v) is 3.87. The highest BCUT2D eigenvalue weighted by Crippen LogP contribution is 2.16. The van der Waals surface area contributed by atoms with Crippen molar-refractivity contribution < 1.29 is 4.79 Å². The van der Waals surface area contributed by atoms with Crippen molar-refractivity contribution in [2.24, 2.45) is 0 Å². The van der Waals surface area contributed by atoms with Crippen LogP contribution in [-0.2, 0) is 13.0 Å². The van der Waals surface area contributed by atoms with Gasteiger partial charge >= 0.3 is 0 Å². The highest BCUT2D eigenvalue weighted by Gasteiger charge is 2.22. The maximum atomic E-state index is 12.7. The summed E-state index contributed by atoms with van der Waals surface area (Å²) in [5.41, 5.74) is 4.78. The number of hydrogen-bond acceptors (Lipinski definition) is 3. The predicted molar refractivity (Wildman–Crippen MR) is 116 cm³/mol. The summed E-state index contributed by atoms with van der Waals surface area (Å²) in [7, 11) is 0. The number of nitrogens with one attached hydrogen (secondary N) is 1. The fraction of sp³-hybridized carbons (Fsp3) is 0.333. The lowest BCUT2D eigenvalue weighted by Crippen LogP contribution is -2.48. The van der Waals surface area contributed by atoms with E-state index in [9.17, 15) is 9.59 Å². The van der Waals surface area contributed by atoms with Crippen LogP contribution in [0.15, 0.2) is 53.3 Å². The zero-order valence-electron chi connectivity index (χ0n) is 17.1. The van der Waals surface area contributed by atoms with Gasteiger partial charge in [-0.1, -0.05) is 30.7 Å². The minimum absolute atomic E-state index is 0.0279. The molecular formula is C24H27N3O2. The molecule has 150 valence electrons. The lowest BCUT2D eigenvalue weighted by atomic mass is 10.1. The Labute approximate surface area is 171 Å². The monoisotopic (exact) mass is 389 g/mol. The molecule has 0 radical (unpaired) electrons. The van der Waals surface area contributed by atoms with E-state index in [1.807, 2.05) is 48.2 Å². The number of hydrogen-bond donors (Lipinski definition) is 1. The Bertz CT molecular complexity index is 1080. The second kappa shape index (κ2) is 8.21. The van der Waals surface area contributed by atoms with E-state index in [1.54, 1.807) is 0 Å². The molecule has 1 aliphatic rings. The first-order valence-corrected chi connectivity index (χ1v) is 10.3. The van der Waals surface area contributed by atoms with E-state index in [2.05, 4.69) is 28.9 Å². The molecule has 29 heavy (non-hydrogen) atoms. The Morgan fingerprint density at radius 3 is 2.41 bits per heavy atom. The Morgan fingerprint density at radius 1 is 1.00 bits per heavy atom. The molecule has 0 saturated carbocycles. The van der Waals surface area contributed by atoms with Crippen molar-refractivity contribution in [1.82, 2.24) is 14.8 Å². The summed E-state index contributed by atoms with van der Waals surface area (Å²) < 4.78 is 0. The molecule has 0 aliphatic carbocycles. The summed E-state index contributed by atoms with van der Waals surface area (Å²) in [5, 5.41) is 1.08. The van der Waals surface area contributed by atoms with Crippen molar-refractivity contribution in [3.8, 4) is 0 Å². The van der Waals surface area contributed by atoms with Crippen LogP contribution in [-0.4, -0.2) is 46.9 Å². The van der Waals surface area contributed by atoms with E-state index in [4.69, 9.17) is 0 Å². The van der Waals surface area contributed by atoms with Crippen LogP contribution in [0.3, 0.4) is 0 Å². The van der Waals surface area contributed by atoms with Gasteiger partial charge in [-0.2, -0.15) is 0 Å². The molecule has 0 spiro atoms. The molecule has 3 aromatic rings. The number of nitrogens with zero attached hydrogens (tertiary/aromatic N) is 2. The lowest BCUT2D eigenvalue weighted by Gasteiger charge is -2.34. The molecule has 0 unspecified atom stereocenters. The second-order valence-corrected chi connectivity index (χ2v) is 7.83. The number of carbonyl (C=O) groups excluding carboxylic acids is 1. The van der Waals surface area contributed by atoms with E-state index in [0.29, 0.717) is 19.6 Å². The van der Waals surface area contributed by atoms with Crippen LogP contribution in [0.25, 0.3) is 10.9 Å². The summed E-state index contributed by atoms with van der Waals surface area (Å²) in [6.07, 6.45) is 0.974. The molecule has 1 saturated heterocycles. The number of pyridine rings is 1. The Kier molecular flexibility index (Phi) is 5.49. The number of aromatic nitrogens is 1. The molecule has 1 amide bonds. The van der Waals surface area contributed by atoms with E-state index < -0.39 is 0 Å². The first-order valence-electron chi connectivity index (χ1n) is 10.3. The van der Waals surface area contributed by atoms with Crippen molar-refractivity contribution in [3.05, 3.63) is 81.1 Å². The van der Waals surface area contributed by atoms with Gasteiger partial charge in [0.2, 0.25) is 0 Å². The van der Waals surface area contributed by atoms with Crippen molar-refractivity contribution in [1.29, 1.82) is 0 Å². The minimum atomic E-state index is -0.0279. The van der Waals surface area contributed by atoms with Gasteiger partial charge < -0.3 is 9.88 Å². The van der Waals surface area contributed by atoms with Crippen LogP contribution in [0.4, 0.5) is 0 Å². The lowest BCUT2D eigenvalue weighted by molar-refractivity contribution is 0.0628. The maximum absolute atomic E-state index is 12.7. The number of aryl methyl sites for hydroxylation is 2. The number of fused-ring (bicyclic) bond motifs is 1. The molecule has 4 rings (SSSR count). The molecule has 5 heteroatoms. The Morgan fingerprint density at radius 2 is 1.72 bits per heavy atom.